The predicted molar refractivity (Wildman–Crippen MR) is 47.1 cm³/mol. The van der Waals surface area contributed by atoms with Crippen molar-refractivity contribution in [3.63, 3.8) is 0 Å². The molecule has 2 unspecified atom stereocenters. The molecule has 0 aromatic heterocycles. The number of fused-ring (bicyclic) bond motifs is 2. The Labute approximate surface area is 69.4 Å². The Morgan fingerprint density at radius 1 is 1.18 bits per heavy atom. The summed E-state index contributed by atoms with van der Waals surface area (Å²) in [7, 11) is 0. The summed E-state index contributed by atoms with van der Waals surface area (Å²) in [6, 6.07) is 0.536. The number of hydrogen-bond donors (Lipinski definition) is 1. The molecule has 2 bridgehead atoms. The van der Waals surface area contributed by atoms with Gasteiger partial charge in [0.25, 0.3) is 0 Å². The van der Waals surface area contributed by atoms with Crippen LogP contribution in [0.4, 0.5) is 0 Å². The van der Waals surface area contributed by atoms with E-state index in [9.17, 15) is 0 Å². The molecule has 0 aliphatic heterocycles. The SMILES string of the molecule is CC(C)[C@@H]1C2CCC(C2)[C@H]1N. The van der Waals surface area contributed by atoms with Crippen molar-refractivity contribution < 1.29 is 0 Å². The van der Waals surface area contributed by atoms with E-state index in [1.54, 1.807) is 0 Å². The van der Waals surface area contributed by atoms with Gasteiger partial charge >= 0.3 is 0 Å². The first-order chi connectivity index (χ1) is 5.20. The number of rotatable bonds is 1. The molecule has 0 spiro atoms. The second-order valence-corrected chi connectivity index (χ2v) is 4.73. The quantitative estimate of drug-likeness (QED) is 0.612. The minimum absolute atomic E-state index is 0.536. The largest absolute Gasteiger partial charge is 0.327 e. The van der Waals surface area contributed by atoms with Gasteiger partial charge in [-0.1, -0.05) is 13.8 Å². The van der Waals surface area contributed by atoms with E-state index < -0.39 is 0 Å². The third-order valence-corrected chi connectivity index (χ3v) is 3.82. The van der Waals surface area contributed by atoms with E-state index in [1.165, 1.54) is 19.3 Å². The highest BCUT2D eigenvalue weighted by Crippen LogP contribution is 2.50. The van der Waals surface area contributed by atoms with Gasteiger partial charge in [0.15, 0.2) is 0 Å². The molecule has 0 aromatic rings. The van der Waals surface area contributed by atoms with Gasteiger partial charge in [-0.05, 0) is 42.9 Å². The van der Waals surface area contributed by atoms with Gasteiger partial charge < -0.3 is 5.73 Å². The average molecular weight is 153 g/mol. The van der Waals surface area contributed by atoms with Crippen molar-refractivity contribution >= 4 is 0 Å². The second kappa shape index (κ2) is 2.48. The topological polar surface area (TPSA) is 26.0 Å². The first-order valence-corrected chi connectivity index (χ1v) is 4.95. The maximum Gasteiger partial charge on any atom is 0.0101 e. The summed E-state index contributed by atoms with van der Waals surface area (Å²) in [6.07, 6.45) is 4.31. The molecule has 2 N–H and O–H groups in total. The molecule has 0 heterocycles. The highest BCUT2D eigenvalue weighted by molar-refractivity contribution is 4.99. The van der Waals surface area contributed by atoms with Crippen LogP contribution in [0.25, 0.3) is 0 Å². The summed E-state index contributed by atoms with van der Waals surface area (Å²) in [5, 5.41) is 0. The minimum atomic E-state index is 0.536. The molecule has 0 aromatic carbocycles. The van der Waals surface area contributed by atoms with Crippen molar-refractivity contribution in [2.45, 2.75) is 39.2 Å². The molecule has 2 saturated carbocycles. The maximum absolute atomic E-state index is 6.17. The van der Waals surface area contributed by atoms with Gasteiger partial charge in [-0.3, -0.25) is 0 Å². The van der Waals surface area contributed by atoms with E-state index in [-0.39, 0.29) is 0 Å². The van der Waals surface area contributed by atoms with E-state index in [2.05, 4.69) is 13.8 Å². The van der Waals surface area contributed by atoms with Gasteiger partial charge in [0.2, 0.25) is 0 Å². The van der Waals surface area contributed by atoms with Crippen LogP contribution in [0, 0.1) is 23.7 Å². The molecular weight excluding hydrogens is 134 g/mol. The summed E-state index contributed by atoms with van der Waals surface area (Å²) in [5.74, 6) is 3.51. The highest BCUT2D eigenvalue weighted by Gasteiger charge is 2.46. The first-order valence-electron chi connectivity index (χ1n) is 4.95. The van der Waals surface area contributed by atoms with Crippen LogP contribution in [0.1, 0.15) is 33.1 Å². The zero-order valence-electron chi connectivity index (χ0n) is 7.59. The Balaban J connectivity index is 2.11. The van der Waals surface area contributed by atoms with E-state index in [0.29, 0.717) is 6.04 Å². The van der Waals surface area contributed by atoms with Crippen LogP contribution in [-0.2, 0) is 0 Å². The van der Waals surface area contributed by atoms with Crippen LogP contribution in [-0.4, -0.2) is 6.04 Å². The monoisotopic (exact) mass is 153 g/mol. The molecule has 2 rings (SSSR count). The van der Waals surface area contributed by atoms with Crippen LogP contribution in [0.3, 0.4) is 0 Å². The smallest absolute Gasteiger partial charge is 0.0101 e. The summed E-state index contributed by atoms with van der Waals surface area (Å²) >= 11 is 0. The van der Waals surface area contributed by atoms with Gasteiger partial charge in [-0.15, -0.1) is 0 Å². The standard InChI is InChI=1S/C10H19N/c1-6(2)9-7-3-4-8(5-7)10(9)11/h6-10H,3-5,11H2,1-2H3/t7?,8?,9-,10-/m1/s1. The molecule has 0 radical (unpaired) electrons. The van der Waals surface area contributed by atoms with E-state index in [1.807, 2.05) is 0 Å². The molecule has 0 saturated heterocycles. The second-order valence-electron chi connectivity index (χ2n) is 4.73. The lowest BCUT2D eigenvalue weighted by Crippen LogP contribution is -2.38. The number of hydrogen-bond acceptors (Lipinski definition) is 1. The fraction of sp³-hybridized carbons (Fsp3) is 1.00. The van der Waals surface area contributed by atoms with Crippen molar-refractivity contribution in [1.29, 1.82) is 0 Å². The van der Waals surface area contributed by atoms with Crippen LogP contribution in [0.2, 0.25) is 0 Å². The molecule has 4 atom stereocenters. The van der Waals surface area contributed by atoms with Crippen molar-refractivity contribution in [1.82, 2.24) is 0 Å². The molecule has 64 valence electrons. The van der Waals surface area contributed by atoms with Crippen molar-refractivity contribution in [3.05, 3.63) is 0 Å². The third-order valence-electron chi connectivity index (χ3n) is 3.82. The van der Waals surface area contributed by atoms with Gasteiger partial charge in [-0.2, -0.15) is 0 Å². The third kappa shape index (κ3) is 1.01. The lowest BCUT2D eigenvalue weighted by Gasteiger charge is -2.31. The molecule has 1 nitrogen and oxygen atoms in total. The normalized spacial score (nSPS) is 49.1. The highest BCUT2D eigenvalue weighted by atomic mass is 14.7. The molecule has 11 heavy (non-hydrogen) atoms. The fourth-order valence-electron chi connectivity index (χ4n) is 3.37. The van der Waals surface area contributed by atoms with E-state index in [0.717, 1.165) is 23.7 Å². The first kappa shape index (κ1) is 7.60. The Kier molecular flexibility index (Phi) is 1.71. The Bertz CT molecular complexity index is 151. The Morgan fingerprint density at radius 2 is 1.82 bits per heavy atom. The molecule has 1 heteroatoms. The predicted octanol–water partition coefficient (Wildman–Crippen LogP) is 2.02. The summed E-state index contributed by atoms with van der Waals surface area (Å²) < 4.78 is 0. The summed E-state index contributed by atoms with van der Waals surface area (Å²) in [5.41, 5.74) is 6.17. The Morgan fingerprint density at radius 3 is 2.18 bits per heavy atom. The lowest BCUT2D eigenvalue weighted by molar-refractivity contribution is 0.222. The van der Waals surface area contributed by atoms with Crippen molar-refractivity contribution in [2.75, 3.05) is 0 Å². The fourth-order valence-corrected chi connectivity index (χ4v) is 3.37. The van der Waals surface area contributed by atoms with Crippen LogP contribution < -0.4 is 5.73 Å². The van der Waals surface area contributed by atoms with Gasteiger partial charge in [0, 0.05) is 6.04 Å². The van der Waals surface area contributed by atoms with Crippen molar-refractivity contribution in [2.24, 2.45) is 29.4 Å². The molecular formula is C10H19N. The minimum Gasteiger partial charge on any atom is -0.327 e. The van der Waals surface area contributed by atoms with E-state index in [4.69, 9.17) is 5.73 Å². The summed E-state index contributed by atoms with van der Waals surface area (Å²) in [6.45, 7) is 4.65. The Hall–Kier alpha value is -0.0400. The lowest BCUT2D eigenvalue weighted by atomic mass is 9.78. The van der Waals surface area contributed by atoms with Crippen LogP contribution in [0.15, 0.2) is 0 Å². The van der Waals surface area contributed by atoms with E-state index >= 15 is 0 Å². The molecule has 2 fully saturated rings. The molecule has 2 aliphatic rings. The van der Waals surface area contributed by atoms with Gasteiger partial charge in [0.05, 0.1) is 0 Å². The zero-order chi connectivity index (χ0) is 8.01. The van der Waals surface area contributed by atoms with Crippen molar-refractivity contribution in [3.8, 4) is 0 Å². The van der Waals surface area contributed by atoms with Gasteiger partial charge in [0.1, 0.15) is 0 Å². The molecule has 0 amide bonds. The average Bonchev–Trinajstić information content (AvgIpc) is 2.44. The maximum atomic E-state index is 6.17. The van der Waals surface area contributed by atoms with Gasteiger partial charge in [-0.25, -0.2) is 0 Å². The zero-order valence-corrected chi connectivity index (χ0v) is 7.59. The molecule has 2 aliphatic carbocycles. The summed E-state index contributed by atoms with van der Waals surface area (Å²) in [4.78, 5) is 0. The number of nitrogens with two attached hydrogens (primary N) is 1. The van der Waals surface area contributed by atoms with Crippen LogP contribution >= 0.6 is 0 Å². The van der Waals surface area contributed by atoms with Crippen LogP contribution in [0.5, 0.6) is 0 Å².